The molecule has 1 fully saturated rings. The summed E-state index contributed by atoms with van der Waals surface area (Å²) >= 11 is 0. The zero-order valence-electron chi connectivity index (χ0n) is 19.9. The molecule has 0 bridgehead atoms. The van der Waals surface area contributed by atoms with Crippen LogP contribution in [0.5, 0.6) is 0 Å². The fourth-order valence-electron chi connectivity index (χ4n) is 5.34. The predicted octanol–water partition coefficient (Wildman–Crippen LogP) is 6.36. The van der Waals surface area contributed by atoms with Gasteiger partial charge in [0.2, 0.25) is 5.91 Å². The maximum atomic E-state index is 13.3. The number of carbonyl (C=O) groups is 1. The molecule has 0 spiro atoms. The molecule has 0 saturated heterocycles. The molecule has 1 N–H and O–H groups in total. The standard InChI is InChI=1S/C30H33N3O/c1-22-10-8-13-24(18-22)27(19-29(34)32-25-14-6-3-7-15-25)28-21-33(20-23-11-4-2-5-12-23)30-26(28)16-9-17-31-30/h2,4-5,8-13,16-18,21,25,27H,3,6-7,14-15,19-20H2,1H3,(H,32,34). The van der Waals surface area contributed by atoms with E-state index in [1.165, 1.54) is 41.5 Å². The Kier molecular flexibility index (Phi) is 6.75. The van der Waals surface area contributed by atoms with E-state index in [9.17, 15) is 4.79 Å². The summed E-state index contributed by atoms with van der Waals surface area (Å²) in [7, 11) is 0. The van der Waals surface area contributed by atoms with E-state index in [2.05, 4.69) is 77.6 Å². The number of nitrogens with one attached hydrogen (secondary N) is 1. The Morgan fingerprint density at radius 1 is 1.03 bits per heavy atom. The van der Waals surface area contributed by atoms with Crippen molar-refractivity contribution >= 4 is 16.9 Å². The second kappa shape index (κ2) is 10.3. The van der Waals surface area contributed by atoms with Crippen LogP contribution in [0, 0.1) is 6.92 Å². The second-order valence-electron chi connectivity index (χ2n) is 9.65. The van der Waals surface area contributed by atoms with Gasteiger partial charge in [0.25, 0.3) is 0 Å². The van der Waals surface area contributed by atoms with E-state index in [1.807, 2.05) is 18.3 Å². The summed E-state index contributed by atoms with van der Waals surface area (Å²) in [6.07, 6.45) is 10.4. The van der Waals surface area contributed by atoms with Crippen LogP contribution in [0.15, 0.2) is 79.1 Å². The van der Waals surface area contributed by atoms with Crippen molar-refractivity contribution in [3.05, 3.63) is 101 Å². The normalized spacial score (nSPS) is 15.3. The molecule has 4 nitrogen and oxygen atoms in total. The maximum Gasteiger partial charge on any atom is 0.221 e. The van der Waals surface area contributed by atoms with Gasteiger partial charge >= 0.3 is 0 Å². The first-order valence-corrected chi connectivity index (χ1v) is 12.5. The smallest absolute Gasteiger partial charge is 0.221 e. The van der Waals surface area contributed by atoms with Crippen LogP contribution in [-0.4, -0.2) is 21.5 Å². The van der Waals surface area contributed by atoms with Crippen molar-refractivity contribution in [2.24, 2.45) is 0 Å². The molecular weight excluding hydrogens is 418 g/mol. The highest BCUT2D eigenvalue weighted by atomic mass is 16.1. The first-order valence-electron chi connectivity index (χ1n) is 12.5. The van der Waals surface area contributed by atoms with E-state index < -0.39 is 0 Å². The second-order valence-corrected chi connectivity index (χ2v) is 9.65. The lowest BCUT2D eigenvalue weighted by molar-refractivity contribution is -0.122. The highest BCUT2D eigenvalue weighted by Gasteiger charge is 2.25. The van der Waals surface area contributed by atoms with Crippen LogP contribution < -0.4 is 5.32 Å². The quantitative estimate of drug-likeness (QED) is 0.355. The van der Waals surface area contributed by atoms with Crippen LogP contribution >= 0.6 is 0 Å². The number of aromatic nitrogens is 2. The number of hydrogen-bond acceptors (Lipinski definition) is 2. The fourth-order valence-corrected chi connectivity index (χ4v) is 5.34. The van der Waals surface area contributed by atoms with Gasteiger partial charge in [-0.3, -0.25) is 4.79 Å². The topological polar surface area (TPSA) is 46.9 Å². The monoisotopic (exact) mass is 451 g/mol. The Bertz CT molecular complexity index is 1250. The molecular formula is C30H33N3O. The van der Waals surface area contributed by atoms with E-state index >= 15 is 0 Å². The Hall–Kier alpha value is -3.40. The number of rotatable bonds is 7. The highest BCUT2D eigenvalue weighted by molar-refractivity contribution is 5.84. The first kappa shape index (κ1) is 22.4. The van der Waals surface area contributed by atoms with Gasteiger partial charge in [0, 0.05) is 42.7 Å². The summed E-state index contributed by atoms with van der Waals surface area (Å²) in [5, 5.41) is 4.46. The van der Waals surface area contributed by atoms with Crippen molar-refractivity contribution in [3.63, 3.8) is 0 Å². The van der Waals surface area contributed by atoms with E-state index in [4.69, 9.17) is 4.98 Å². The number of aryl methyl sites for hydroxylation is 1. The third kappa shape index (κ3) is 5.06. The summed E-state index contributed by atoms with van der Waals surface area (Å²) in [5.41, 5.74) is 5.76. The van der Waals surface area contributed by atoms with E-state index in [0.29, 0.717) is 12.5 Å². The number of nitrogens with zero attached hydrogens (tertiary/aromatic N) is 2. The van der Waals surface area contributed by atoms with Crippen molar-refractivity contribution < 1.29 is 4.79 Å². The third-order valence-electron chi connectivity index (χ3n) is 7.04. The van der Waals surface area contributed by atoms with Gasteiger partial charge in [-0.15, -0.1) is 0 Å². The molecule has 1 aliphatic rings. The molecule has 1 amide bonds. The molecule has 1 aliphatic carbocycles. The van der Waals surface area contributed by atoms with Crippen molar-refractivity contribution in [2.75, 3.05) is 0 Å². The SMILES string of the molecule is Cc1cccc(C(CC(=O)NC2CCCCC2)c2cn(Cc3ccccc3)c3ncccc23)c1. The molecule has 1 unspecified atom stereocenters. The fraction of sp³-hybridized carbons (Fsp3) is 0.333. The predicted molar refractivity (Wildman–Crippen MR) is 138 cm³/mol. The number of carbonyl (C=O) groups excluding carboxylic acids is 1. The molecule has 2 aromatic carbocycles. The zero-order valence-corrected chi connectivity index (χ0v) is 19.9. The average Bonchev–Trinajstić information content (AvgIpc) is 3.22. The number of pyridine rings is 1. The van der Waals surface area contributed by atoms with Crippen molar-refractivity contribution in [3.8, 4) is 0 Å². The molecule has 2 heterocycles. The van der Waals surface area contributed by atoms with Crippen LogP contribution in [0.1, 0.15) is 66.7 Å². The number of fused-ring (bicyclic) bond motifs is 1. The average molecular weight is 452 g/mol. The summed E-state index contributed by atoms with van der Waals surface area (Å²) in [4.78, 5) is 18.0. The Morgan fingerprint density at radius 2 is 1.85 bits per heavy atom. The van der Waals surface area contributed by atoms with E-state index in [0.717, 1.165) is 30.4 Å². The van der Waals surface area contributed by atoms with Gasteiger partial charge in [-0.2, -0.15) is 0 Å². The highest BCUT2D eigenvalue weighted by Crippen LogP contribution is 2.35. The van der Waals surface area contributed by atoms with Crippen molar-refractivity contribution in [2.45, 2.75) is 64.0 Å². The number of hydrogen-bond donors (Lipinski definition) is 1. The van der Waals surface area contributed by atoms with Gasteiger partial charge < -0.3 is 9.88 Å². The minimum absolute atomic E-state index is 0.0211. The van der Waals surface area contributed by atoms with E-state index in [1.54, 1.807) is 0 Å². The zero-order chi connectivity index (χ0) is 23.3. The van der Waals surface area contributed by atoms with Crippen LogP contribution in [0.2, 0.25) is 0 Å². The number of amides is 1. The molecule has 0 radical (unpaired) electrons. The lowest BCUT2D eigenvalue weighted by Crippen LogP contribution is -2.36. The van der Waals surface area contributed by atoms with Crippen molar-refractivity contribution in [1.82, 2.24) is 14.9 Å². The lowest BCUT2D eigenvalue weighted by atomic mass is 9.87. The summed E-state index contributed by atoms with van der Waals surface area (Å²) in [5.74, 6) is 0.124. The molecule has 0 aliphatic heterocycles. The largest absolute Gasteiger partial charge is 0.353 e. The van der Waals surface area contributed by atoms with Gasteiger partial charge in [-0.05, 0) is 48.6 Å². The molecule has 174 valence electrons. The van der Waals surface area contributed by atoms with Gasteiger partial charge in [0.1, 0.15) is 5.65 Å². The molecule has 34 heavy (non-hydrogen) atoms. The Morgan fingerprint density at radius 3 is 2.65 bits per heavy atom. The van der Waals surface area contributed by atoms with Crippen LogP contribution in [-0.2, 0) is 11.3 Å². The molecule has 1 atom stereocenters. The lowest BCUT2D eigenvalue weighted by Gasteiger charge is -2.24. The molecule has 4 aromatic rings. The first-order chi connectivity index (χ1) is 16.7. The summed E-state index contributed by atoms with van der Waals surface area (Å²) in [6, 6.07) is 23.5. The van der Waals surface area contributed by atoms with Gasteiger partial charge in [-0.1, -0.05) is 79.4 Å². The van der Waals surface area contributed by atoms with Crippen LogP contribution in [0.25, 0.3) is 11.0 Å². The molecule has 5 rings (SSSR count). The van der Waals surface area contributed by atoms with Crippen LogP contribution in [0.4, 0.5) is 0 Å². The van der Waals surface area contributed by atoms with Gasteiger partial charge in [-0.25, -0.2) is 4.98 Å². The van der Waals surface area contributed by atoms with Gasteiger partial charge in [0.15, 0.2) is 0 Å². The van der Waals surface area contributed by atoms with Crippen molar-refractivity contribution in [1.29, 1.82) is 0 Å². The third-order valence-corrected chi connectivity index (χ3v) is 7.04. The number of benzene rings is 2. The minimum atomic E-state index is -0.0211. The Labute approximate surface area is 202 Å². The Balaban J connectivity index is 1.51. The van der Waals surface area contributed by atoms with Gasteiger partial charge in [0.05, 0.1) is 0 Å². The summed E-state index contributed by atoms with van der Waals surface area (Å²) in [6.45, 7) is 2.87. The molecule has 4 heteroatoms. The summed E-state index contributed by atoms with van der Waals surface area (Å²) < 4.78 is 2.22. The van der Waals surface area contributed by atoms with Crippen LogP contribution in [0.3, 0.4) is 0 Å². The maximum absolute atomic E-state index is 13.3. The molecule has 2 aromatic heterocycles. The van der Waals surface area contributed by atoms with E-state index in [-0.39, 0.29) is 11.8 Å². The molecule has 1 saturated carbocycles. The minimum Gasteiger partial charge on any atom is -0.353 e.